The molecule has 0 aliphatic heterocycles. The number of sulfonamides is 1. The molecule has 0 spiro atoms. The second-order valence-electron chi connectivity index (χ2n) is 4.61. The van der Waals surface area contributed by atoms with Crippen molar-refractivity contribution in [1.82, 2.24) is 4.72 Å². The van der Waals surface area contributed by atoms with Gasteiger partial charge in [-0.2, -0.15) is 0 Å². The third kappa shape index (κ3) is 4.19. The molecular weight excluding hydrogens is 264 g/mol. The molecule has 0 bridgehead atoms. The van der Waals surface area contributed by atoms with Crippen LogP contribution in [-0.4, -0.2) is 26.7 Å². The van der Waals surface area contributed by atoms with E-state index in [2.05, 4.69) is 4.72 Å². The minimum Gasteiger partial charge on any atom is -0.398 e. The van der Waals surface area contributed by atoms with E-state index in [1.807, 2.05) is 13.0 Å². The number of hydrogen-bond donors (Lipinski definition) is 3. The molecule has 0 unspecified atom stereocenters. The van der Waals surface area contributed by atoms with Crippen LogP contribution in [0, 0.1) is 13.8 Å². The van der Waals surface area contributed by atoms with Gasteiger partial charge in [-0.15, -0.1) is 0 Å². The lowest BCUT2D eigenvalue weighted by Gasteiger charge is -2.13. The zero-order valence-corrected chi connectivity index (χ0v) is 12.3. The van der Waals surface area contributed by atoms with Gasteiger partial charge in [-0.25, -0.2) is 13.1 Å². The van der Waals surface area contributed by atoms with E-state index in [0.29, 0.717) is 24.9 Å². The largest absolute Gasteiger partial charge is 0.398 e. The van der Waals surface area contributed by atoms with Crippen molar-refractivity contribution in [3.63, 3.8) is 0 Å². The Balaban J connectivity index is 2.81. The Morgan fingerprint density at radius 1 is 1.21 bits per heavy atom. The number of aryl methyl sites for hydroxylation is 1. The zero-order valence-electron chi connectivity index (χ0n) is 11.4. The van der Waals surface area contributed by atoms with Crippen LogP contribution in [0.15, 0.2) is 17.0 Å². The third-order valence-corrected chi connectivity index (χ3v) is 4.77. The second-order valence-corrected chi connectivity index (χ2v) is 6.31. The average molecular weight is 286 g/mol. The Bertz CT molecular complexity index is 527. The molecule has 0 heterocycles. The van der Waals surface area contributed by atoms with Crippen LogP contribution in [0.25, 0.3) is 0 Å². The fourth-order valence-electron chi connectivity index (χ4n) is 1.86. The van der Waals surface area contributed by atoms with Crippen LogP contribution in [0.1, 0.15) is 30.4 Å². The summed E-state index contributed by atoms with van der Waals surface area (Å²) >= 11 is 0. The first kappa shape index (κ1) is 15.9. The highest BCUT2D eigenvalue weighted by molar-refractivity contribution is 7.89. The summed E-state index contributed by atoms with van der Waals surface area (Å²) in [5.74, 6) is 0. The van der Waals surface area contributed by atoms with Crippen molar-refractivity contribution in [2.45, 2.75) is 38.0 Å². The Hall–Kier alpha value is -1.11. The Labute approximate surface area is 114 Å². The maximum Gasteiger partial charge on any atom is 0.242 e. The molecule has 6 heteroatoms. The van der Waals surface area contributed by atoms with Gasteiger partial charge in [0.15, 0.2) is 0 Å². The highest BCUT2D eigenvalue weighted by Gasteiger charge is 2.20. The molecule has 1 aromatic rings. The Morgan fingerprint density at radius 3 is 2.53 bits per heavy atom. The molecule has 1 aromatic carbocycles. The number of hydrogen-bond acceptors (Lipinski definition) is 4. The molecule has 0 saturated carbocycles. The lowest BCUT2D eigenvalue weighted by molar-refractivity contribution is 0.283. The first-order chi connectivity index (χ1) is 8.90. The van der Waals surface area contributed by atoms with E-state index in [9.17, 15) is 8.42 Å². The van der Waals surface area contributed by atoms with Gasteiger partial charge in [0.2, 0.25) is 10.0 Å². The fraction of sp³-hybridized carbons (Fsp3) is 0.538. The number of unbranched alkanes of at least 4 members (excludes halogenated alkanes) is 2. The molecule has 0 amide bonds. The van der Waals surface area contributed by atoms with E-state index in [1.54, 1.807) is 13.0 Å². The van der Waals surface area contributed by atoms with Gasteiger partial charge in [0.25, 0.3) is 0 Å². The standard InChI is InChI=1S/C13H22N2O3S/c1-10-6-7-12(14)13(11(10)2)19(17,18)15-8-4-3-5-9-16/h6-7,15-16H,3-5,8-9,14H2,1-2H3. The smallest absolute Gasteiger partial charge is 0.242 e. The maximum absolute atomic E-state index is 12.2. The second kappa shape index (κ2) is 6.88. The van der Waals surface area contributed by atoms with Crippen LogP contribution in [0.5, 0.6) is 0 Å². The summed E-state index contributed by atoms with van der Waals surface area (Å²) in [6.07, 6.45) is 2.18. The van der Waals surface area contributed by atoms with Crippen molar-refractivity contribution < 1.29 is 13.5 Å². The quantitative estimate of drug-likeness (QED) is 0.521. The van der Waals surface area contributed by atoms with E-state index in [4.69, 9.17) is 10.8 Å². The number of nitrogens with one attached hydrogen (secondary N) is 1. The molecule has 0 aliphatic carbocycles. The van der Waals surface area contributed by atoms with E-state index in [0.717, 1.165) is 12.0 Å². The first-order valence-corrected chi connectivity index (χ1v) is 7.84. The van der Waals surface area contributed by atoms with Gasteiger partial charge in [-0.05, 0) is 50.3 Å². The van der Waals surface area contributed by atoms with Crippen LogP contribution in [0.4, 0.5) is 5.69 Å². The van der Waals surface area contributed by atoms with Gasteiger partial charge in [0.05, 0.1) is 5.69 Å². The van der Waals surface area contributed by atoms with Crippen LogP contribution in [0.3, 0.4) is 0 Å². The zero-order chi connectivity index (χ0) is 14.5. The first-order valence-electron chi connectivity index (χ1n) is 6.36. The van der Waals surface area contributed by atoms with Gasteiger partial charge in [0, 0.05) is 13.2 Å². The monoisotopic (exact) mass is 286 g/mol. The third-order valence-electron chi connectivity index (χ3n) is 3.10. The topological polar surface area (TPSA) is 92.4 Å². The van der Waals surface area contributed by atoms with Crippen molar-refractivity contribution >= 4 is 15.7 Å². The molecule has 19 heavy (non-hydrogen) atoms. The summed E-state index contributed by atoms with van der Waals surface area (Å²) in [7, 11) is -3.57. The summed E-state index contributed by atoms with van der Waals surface area (Å²) in [4.78, 5) is 0.176. The molecule has 4 N–H and O–H groups in total. The number of nitrogen functional groups attached to an aromatic ring is 1. The molecule has 0 radical (unpaired) electrons. The number of rotatable bonds is 7. The minimum absolute atomic E-state index is 0.136. The molecule has 108 valence electrons. The highest BCUT2D eigenvalue weighted by Crippen LogP contribution is 2.24. The lowest BCUT2D eigenvalue weighted by atomic mass is 10.1. The number of nitrogens with two attached hydrogens (primary N) is 1. The van der Waals surface area contributed by atoms with Crippen LogP contribution in [-0.2, 0) is 10.0 Å². The van der Waals surface area contributed by atoms with E-state index in [1.165, 1.54) is 0 Å². The number of benzene rings is 1. The number of aliphatic hydroxyl groups is 1. The van der Waals surface area contributed by atoms with Gasteiger partial charge in [-0.3, -0.25) is 0 Å². The Morgan fingerprint density at radius 2 is 1.89 bits per heavy atom. The summed E-state index contributed by atoms with van der Waals surface area (Å²) < 4.78 is 27.0. The van der Waals surface area contributed by atoms with E-state index >= 15 is 0 Å². The van der Waals surface area contributed by atoms with E-state index < -0.39 is 10.0 Å². The number of aliphatic hydroxyl groups excluding tert-OH is 1. The molecule has 0 saturated heterocycles. The normalized spacial score (nSPS) is 11.7. The summed E-state index contributed by atoms with van der Waals surface area (Å²) in [6.45, 7) is 4.10. The molecule has 5 nitrogen and oxygen atoms in total. The summed E-state index contributed by atoms with van der Waals surface area (Å²) in [6, 6.07) is 3.42. The SMILES string of the molecule is Cc1ccc(N)c(S(=O)(=O)NCCCCCO)c1C. The van der Waals surface area contributed by atoms with Crippen molar-refractivity contribution in [3.05, 3.63) is 23.3 Å². The van der Waals surface area contributed by atoms with Gasteiger partial charge >= 0.3 is 0 Å². The molecular formula is C13H22N2O3S. The molecule has 0 fully saturated rings. The predicted molar refractivity (Wildman–Crippen MR) is 76.5 cm³/mol. The average Bonchev–Trinajstić information content (AvgIpc) is 2.34. The van der Waals surface area contributed by atoms with Gasteiger partial charge in [-0.1, -0.05) is 6.07 Å². The molecule has 0 aliphatic rings. The molecule has 1 rings (SSSR count). The highest BCUT2D eigenvalue weighted by atomic mass is 32.2. The summed E-state index contributed by atoms with van der Waals surface area (Å²) in [5, 5.41) is 8.65. The lowest BCUT2D eigenvalue weighted by Crippen LogP contribution is -2.26. The molecule has 0 atom stereocenters. The number of anilines is 1. The predicted octanol–water partition coefficient (Wildman–Crippen LogP) is 1.33. The molecule has 0 aromatic heterocycles. The minimum atomic E-state index is -3.57. The van der Waals surface area contributed by atoms with Crippen LogP contribution >= 0.6 is 0 Å². The van der Waals surface area contributed by atoms with E-state index in [-0.39, 0.29) is 17.2 Å². The Kier molecular flexibility index (Phi) is 5.78. The van der Waals surface area contributed by atoms with Crippen LogP contribution in [0.2, 0.25) is 0 Å². The van der Waals surface area contributed by atoms with Crippen LogP contribution < -0.4 is 10.5 Å². The van der Waals surface area contributed by atoms with Crippen molar-refractivity contribution in [2.75, 3.05) is 18.9 Å². The maximum atomic E-state index is 12.2. The van der Waals surface area contributed by atoms with Gasteiger partial charge < -0.3 is 10.8 Å². The van der Waals surface area contributed by atoms with Gasteiger partial charge in [0.1, 0.15) is 4.90 Å². The van der Waals surface area contributed by atoms with Crippen molar-refractivity contribution in [1.29, 1.82) is 0 Å². The van der Waals surface area contributed by atoms with Crippen molar-refractivity contribution in [2.24, 2.45) is 0 Å². The fourth-order valence-corrected chi connectivity index (χ4v) is 3.36. The van der Waals surface area contributed by atoms with Crippen molar-refractivity contribution in [3.8, 4) is 0 Å². The summed E-state index contributed by atoms with van der Waals surface area (Å²) in [5.41, 5.74) is 7.63.